The summed E-state index contributed by atoms with van der Waals surface area (Å²) in [5.41, 5.74) is 3.13. The van der Waals surface area contributed by atoms with Crippen LogP contribution in [0.5, 0.6) is 0 Å². The molecule has 4 rings (SSSR count). The van der Waals surface area contributed by atoms with Gasteiger partial charge in [-0.15, -0.1) is 22.7 Å². The Balaban J connectivity index is 1.62. The van der Waals surface area contributed by atoms with Crippen LogP contribution in [0.25, 0.3) is 10.2 Å². The fraction of sp³-hybridized carbons (Fsp3) is 0.158. The van der Waals surface area contributed by atoms with Crippen LogP contribution in [0.2, 0.25) is 0 Å². The molecular formula is C19H17N3OS2. The van der Waals surface area contributed by atoms with Crippen molar-refractivity contribution in [2.45, 2.75) is 19.5 Å². The van der Waals surface area contributed by atoms with E-state index in [4.69, 9.17) is 0 Å². The number of aromatic amines is 1. The van der Waals surface area contributed by atoms with Crippen LogP contribution in [0.15, 0.2) is 58.0 Å². The molecule has 126 valence electrons. The number of thiophene rings is 2. The highest BCUT2D eigenvalue weighted by atomic mass is 32.1. The molecule has 0 bridgehead atoms. The Morgan fingerprint density at radius 2 is 1.96 bits per heavy atom. The first-order chi connectivity index (χ1) is 12.2. The van der Waals surface area contributed by atoms with Gasteiger partial charge in [0.15, 0.2) is 0 Å². The summed E-state index contributed by atoms with van der Waals surface area (Å²) in [4.78, 5) is 20.8. The molecular weight excluding hydrogens is 350 g/mol. The van der Waals surface area contributed by atoms with Crippen molar-refractivity contribution in [2.24, 2.45) is 0 Å². The van der Waals surface area contributed by atoms with E-state index in [9.17, 15) is 4.79 Å². The smallest absolute Gasteiger partial charge is 0.268 e. The van der Waals surface area contributed by atoms with Crippen LogP contribution in [0, 0.1) is 6.92 Å². The highest BCUT2D eigenvalue weighted by Crippen LogP contribution is 2.26. The summed E-state index contributed by atoms with van der Waals surface area (Å²) in [6, 6.07) is 14.7. The molecule has 0 saturated heterocycles. The Bertz CT molecular complexity index is 1030. The van der Waals surface area contributed by atoms with Crippen molar-refractivity contribution < 1.29 is 0 Å². The molecule has 4 aromatic rings. The van der Waals surface area contributed by atoms with Crippen molar-refractivity contribution in [3.63, 3.8) is 0 Å². The van der Waals surface area contributed by atoms with Gasteiger partial charge in [-0.2, -0.15) is 0 Å². The first-order valence-corrected chi connectivity index (χ1v) is 9.76. The van der Waals surface area contributed by atoms with Gasteiger partial charge in [-0.05, 0) is 35.4 Å². The number of nitrogens with zero attached hydrogens (tertiary/aromatic N) is 1. The van der Waals surface area contributed by atoms with Crippen molar-refractivity contribution in [3.8, 4) is 0 Å². The van der Waals surface area contributed by atoms with Crippen LogP contribution < -0.4 is 10.9 Å². The molecule has 0 aliphatic rings. The molecule has 0 spiro atoms. The van der Waals surface area contributed by atoms with E-state index in [1.807, 2.05) is 11.4 Å². The standard InChI is InChI=1S/C19H17N3OS2/c1-12-4-6-13(7-5-12)17(15-3-2-9-24-15)20-11-16-21-14-8-10-25-18(14)19(23)22-16/h2-10,17,20H,11H2,1H3,(H,21,22,23). The molecule has 25 heavy (non-hydrogen) atoms. The van der Waals surface area contributed by atoms with E-state index in [-0.39, 0.29) is 11.6 Å². The Hall–Kier alpha value is -2.28. The van der Waals surface area contributed by atoms with Gasteiger partial charge in [0.1, 0.15) is 10.5 Å². The van der Waals surface area contributed by atoms with Gasteiger partial charge in [0.2, 0.25) is 0 Å². The summed E-state index contributed by atoms with van der Waals surface area (Å²) in [7, 11) is 0. The minimum atomic E-state index is -0.0696. The molecule has 0 fully saturated rings. The monoisotopic (exact) mass is 367 g/mol. The third-order valence-corrected chi connectivity index (χ3v) is 5.92. The maximum absolute atomic E-state index is 12.1. The second-order valence-corrected chi connectivity index (χ2v) is 7.78. The molecule has 0 amide bonds. The van der Waals surface area contributed by atoms with Crippen LogP contribution in [0.3, 0.4) is 0 Å². The maximum atomic E-state index is 12.1. The number of H-pyrrole nitrogens is 1. The van der Waals surface area contributed by atoms with Gasteiger partial charge in [-0.25, -0.2) is 4.98 Å². The molecule has 3 heterocycles. The zero-order valence-corrected chi connectivity index (χ0v) is 15.3. The second kappa shape index (κ2) is 6.92. The number of hydrogen-bond donors (Lipinski definition) is 2. The highest BCUT2D eigenvalue weighted by molar-refractivity contribution is 7.17. The molecule has 4 nitrogen and oxygen atoms in total. The largest absolute Gasteiger partial charge is 0.308 e. The van der Waals surface area contributed by atoms with E-state index in [1.165, 1.54) is 27.3 Å². The van der Waals surface area contributed by atoms with E-state index in [1.54, 1.807) is 11.3 Å². The molecule has 2 N–H and O–H groups in total. The van der Waals surface area contributed by atoms with Crippen LogP contribution in [0.4, 0.5) is 0 Å². The number of hydrogen-bond acceptors (Lipinski definition) is 5. The van der Waals surface area contributed by atoms with Gasteiger partial charge < -0.3 is 4.98 Å². The van der Waals surface area contributed by atoms with Crippen molar-refractivity contribution in [3.05, 3.63) is 85.4 Å². The third-order valence-electron chi connectivity index (χ3n) is 4.08. The van der Waals surface area contributed by atoms with Crippen LogP contribution in [-0.4, -0.2) is 9.97 Å². The summed E-state index contributed by atoms with van der Waals surface area (Å²) in [6.45, 7) is 2.58. The summed E-state index contributed by atoms with van der Waals surface area (Å²) in [6.07, 6.45) is 0. The van der Waals surface area contributed by atoms with Crippen molar-refractivity contribution >= 4 is 32.9 Å². The molecule has 1 atom stereocenters. The van der Waals surface area contributed by atoms with Crippen molar-refractivity contribution in [1.82, 2.24) is 15.3 Å². The molecule has 6 heteroatoms. The number of fused-ring (bicyclic) bond motifs is 1. The van der Waals surface area contributed by atoms with Crippen LogP contribution in [-0.2, 0) is 6.54 Å². The van der Waals surface area contributed by atoms with Gasteiger partial charge in [0.05, 0.1) is 18.1 Å². The van der Waals surface area contributed by atoms with Gasteiger partial charge in [-0.1, -0.05) is 35.9 Å². The predicted octanol–water partition coefficient (Wildman–Crippen LogP) is 4.23. The summed E-state index contributed by atoms with van der Waals surface area (Å²) >= 11 is 3.14. The number of aromatic nitrogens is 2. The van der Waals surface area contributed by atoms with Crippen molar-refractivity contribution in [2.75, 3.05) is 0 Å². The van der Waals surface area contributed by atoms with E-state index in [0.717, 1.165) is 5.52 Å². The van der Waals surface area contributed by atoms with E-state index in [0.29, 0.717) is 17.1 Å². The number of aryl methyl sites for hydroxylation is 1. The van der Waals surface area contributed by atoms with Crippen molar-refractivity contribution in [1.29, 1.82) is 0 Å². The highest BCUT2D eigenvalue weighted by Gasteiger charge is 2.15. The minimum Gasteiger partial charge on any atom is -0.308 e. The molecule has 0 aliphatic heterocycles. The van der Waals surface area contributed by atoms with Gasteiger partial charge in [0.25, 0.3) is 5.56 Å². The molecule has 1 unspecified atom stereocenters. The second-order valence-electron chi connectivity index (χ2n) is 5.89. The lowest BCUT2D eigenvalue weighted by Gasteiger charge is -2.18. The molecule has 0 saturated carbocycles. The fourth-order valence-electron chi connectivity index (χ4n) is 2.80. The Morgan fingerprint density at radius 3 is 2.72 bits per heavy atom. The molecule has 3 aromatic heterocycles. The SMILES string of the molecule is Cc1ccc(C(NCc2nc3ccsc3c(=O)[nH]2)c2cccs2)cc1. The number of rotatable bonds is 5. The minimum absolute atomic E-state index is 0.0696. The molecule has 0 radical (unpaired) electrons. The topological polar surface area (TPSA) is 57.8 Å². The number of nitrogens with one attached hydrogen (secondary N) is 2. The maximum Gasteiger partial charge on any atom is 0.268 e. The predicted molar refractivity (Wildman–Crippen MR) is 104 cm³/mol. The Morgan fingerprint density at radius 1 is 1.12 bits per heavy atom. The summed E-state index contributed by atoms with van der Waals surface area (Å²) in [5, 5.41) is 7.51. The fourth-order valence-corrected chi connectivity index (χ4v) is 4.35. The zero-order valence-electron chi connectivity index (χ0n) is 13.7. The Labute approximate surface area is 153 Å². The normalized spacial score (nSPS) is 12.5. The van der Waals surface area contributed by atoms with Gasteiger partial charge in [0, 0.05) is 4.88 Å². The lowest BCUT2D eigenvalue weighted by atomic mass is 10.0. The van der Waals surface area contributed by atoms with Crippen LogP contribution >= 0.6 is 22.7 Å². The lowest BCUT2D eigenvalue weighted by Crippen LogP contribution is -2.24. The first kappa shape index (κ1) is 16.2. The summed E-state index contributed by atoms with van der Waals surface area (Å²) < 4.78 is 0.678. The lowest BCUT2D eigenvalue weighted by molar-refractivity contribution is 0.594. The Kier molecular flexibility index (Phi) is 4.48. The molecule has 0 aliphatic carbocycles. The summed E-state index contributed by atoms with van der Waals surface area (Å²) in [5.74, 6) is 0.657. The first-order valence-electron chi connectivity index (χ1n) is 8.00. The molecule has 1 aromatic carbocycles. The van der Waals surface area contributed by atoms with E-state index in [2.05, 4.69) is 64.0 Å². The number of benzene rings is 1. The average molecular weight is 367 g/mol. The zero-order chi connectivity index (χ0) is 17.2. The van der Waals surface area contributed by atoms with Crippen LogP contribution in [0.1, 0.15) is 27.9 Å². The third kappa shape index (κ3) is 3.42. The van der Waals surface area contributed by atoms with Gasteiger partial charge >= 0.3 is 0 Å². The quantitative estimate of drug-likeness (QED) is 0.555. The van der Waals surface area contributed by atoms with E-state index >= 15 is 0 Å². The van der Waals surface area contributed by atoms with E-state index < -0.39 is 0 Å². The van der Waals surface area contributed by atoms with Gasteiger partial charge in [-0.3, -0.25) is 10.1 Å². The average Bonchev–Trinajstić information content (AvgIpc) is 3.28.